The first-order chi connectivity index (χ1) is 11.4. The van der Waals surface area contributed by atoms with Crippen LogP contribution in [0.3, 0.4) is 0 Å². The number of carboxylic acid groups (broad SMARTS) is 1. The van der Waals surface area contributed by atoms with Crippen LogP contribution in [0.4, 0.5) is 0 Å². The van der Waals surface area contributed by atoms with E-state index in [0.29, 0.717) is 0 Å². The lowest BCUT2D eigenvalue weighted by molar-refractivity contribution is -0.137. The fourth-order valence-corrected chi connectivity index (χ4v) is 3.30. The normalized spacial score (nSPS) is 13.0. The second-order valence-corrected chi connectivity index (χ2v) is 7.12. The predicted octanol–water partition coefficient (Wildman–Crippen LogP) is 2.83. The third kappa shape index (κ3) is 5.33. The quantitative estimate of drug-likeness (QED) is 0.808. The van der Waals surface area contributed by atoms with Gasteiger partial charge in [0.2, 0.25) is 10.0 Å². The lowest BCUT2D eigenvalue weighted by atomic mass is 10.1. The van der Waals surface area contributed by atoms with Gasteiger partial charge in [-0.25, -0.2) is 13.1 Å². The summed E-state index contributed by atoms with van der Waals surface area (Å²) in [5.41, 5.74) is 1.81. The fraction of sp³-hybridized carbons (Fsp3) is 0.167. The minimum Gasteiger partial charge on any atom is -0.481 e. The van der Waals surface area contributed by atoms with Crippen LogP contribution in [0.5, 0.6) is 0 Å². The third-order valence-corrected chi connectivity index (χ3v) is 4.86. The Morgan fingerprint density at radius 3 is 2.33 bits per heavy atom. The van der Waals surface area contributed by atoms with Crippen molar-refractivity contribution >= 4 is 22.1 Å². The fourth-order valence-electron chi connectivity index (χ4n) is 2.11. The lowest BCUT2D eigenvalue weighted by Gasteiger charge is -2.14. The van der Waals surface area contributed by atoms with Gasteiger partial charge < -0.3 is 5.11 Å². The number of sulfonamides is 1. The molecule has 2 N–H and O–H groups in total. The van der Waals surface area contributed by atoms with Gasteiger partial charge in [-0.3, -0.25) is 4.79 Å². The largest absolute Gasteiger partial charge is 0.481 e. The summed E-state index contributed by atoms with van der Waals surface area (Å²) in [4.78, 5) is 11.1. The van der Waals surface area contributed by atoms with E-state index in [-0.39, 0.29) is 11.3 Å². The van der Waals surface area contributed by atoms with Crippen molar-refractivity contribution in [3.63, 3.8) is 0 Å². The number of hydrogen-bond acceptors (Lipinski definition) is 3. The Kier molecular flexibility index (Phi) is 5.89. The van der Waals surface area contributed by atoms with Crippen molar-refractivity contribution in [3.8, 4) is 0 Å². The molecule has 24 heavy (non-hydrogen) atoms. The molecule has 0 aromatic heterocycles. The molecule has 0 aliphatic rings. The van der Waals surface area contributed by atoms with Gasteiger partial charge in [-0.1, -0.05) is 60.2 Å². The third-order valence-electron chi connectivity index (χ3n) is 3.35. The maximum atomic E-state index is 12.4. The minimum absolute atomic E-state index is 0.108. The van der Waals surface area contributed by atoms with Crippen molar-refractivity contribution in [1.29, 1.82) is 0 Å². The number of nitrogens with one attached hydrogen (secondary N) is 1. The molecule has 0 spiro atoms. The standard InChI is InChI=1S/C18H19NO4S/c1-14-7-11-17(12-8-14)24(22,23)19-16(13-18(20)21)10-9-15-5-3-2-4-6-15/h2-12,16,19H,13H2,1H3,(H,20,21)/b10-9+/t16-/m1/s1. The maximum Gasteiger partial charge on any atom is 0.305 e. The van der Waals surface area contributed by atoms with E-state index in [2.05, 4.69) is 4.72 Å². The molecule has 2 aromatic rings. The molecule has 2 aromatic carbocycles. The van der Waals surface area contributed by atoms with Crippen LogP contribution in [0.2, 0.25) is 0 Å². The summed E-state index contributed by atoms with van der Waals surface area (Å²) in [5.74, 6) is -1.08. The average molecular weight is 345 g/mol. The van der Waals surface area contributed by atoms with Gasteiger partial charge in [-0.05, 0) is 24.6 Å². The SMILES string of the molecule is Cc1ccc(S(=O)(=O)N[C@H](/C=C/c2ccccc2)CC(=O)O)cc1. The molecule has 0 saturated heterocycles. The molecular formula is C18H19NO4S. The first kappa shape index (κ1) is 17.9. The van der Waals surface area contributed by atoms with Crippen molar-refractivity contribution in [2.24, 2.45) is 0 Å². The van der Waals surface area contributed by atoms with Gasteiger partial charge in [0.15, 0.2) is 0 Å². The number of rotatable bonds is 7. The predicted molar refractivity (Wildman–Crippen MR) is 93.0 cm³/mol. The molecule has 0 saturated carbocycles. The van der Waals surface area contributed by atoms with Gasteiger partial charge in [0.1, 0.15) is 0 Å². The summed E-state index contributed by atoms with van der Waals surface area (Å²) in [5, 5.41) is 9.02. The van der Waals surface area contributed by atoms with Crippen molar-refractivity contribution < 1.29 is 18.3 Å². The Hall–Kier alpha value is -2.44. The van der Waals surface area contributed by atoms with Crippen LogP contribution in [0.25, 0.3) is 6.08 Å². The van der Waals surface area contributed by atoms with E-state index in [1.807, 2.05) is 37.3 Å². The molecule has 2 rings (SSSR count). The molecule has 0 bridgehead atoms. The highest BCUT2D eigenvalue weighted by Gasteiger charge is 2.20. The number of carbonyl (C=O) groups is 1. The van der Waals surface area contributed by atoms with Crippen molar-refractivity contribution in [1.82, 2.24) is 4.72 Å². The number of carboxylic acids is 1. The van der Waals surface area contributed by atoms with Gasteiger partial charge in [-0.15, -0.1) is 0 Å². The zero-order chi connectivity index (χ0) is 17.6. The smallest absolute Gasteiger partial charge is 0.305 e. The molecular weight excluding hydrogens is 326 g/mol. The Labute approximate surface area is 141 Å². The van der Waals surface area contributed by atoms with E-state index in [1.165, 1.54) is 12.1 Å². The van der Waals surface area contributed by atoms with Gasteiger partial charge in [0.05, 0.1) is 17.4 Å². The van der Waals surface area contributed by atoms with E-state index < -0.39 is 22.0 Å². The summed E-state index contributed by atoms with van der Waals surface area (Å²) in [6, 6.07) is 14.8. The van der Waals surface area contributed by atoms with Gasteiger partial charge in [0, 0.05) is 0 Å². The van der Waals surface area contributed by atoms with Crippen LogP contribution in [-0.2, 0) is 14.8 Å². The van der Waals surface area contributed by atoms with Crippen molar-refractivity contribution in [2.75, 3.05) is 0 Å². The lowest BCUT2D eigenvalue weighted by Crippen LogP contribution is -2.35. The van der Waals surface area contributed by atoms with Crippen LogP contribution in [0.15, 0.2) is 65.6 Å². The van der Waals surface area contributed by atoms with E-state index in [4.69, 9.17) is 5.11 Å². The number of hydrogen-bond donors (Lipinski definition) is 2. The highest BCUT2D eigenvalue weighted by Crippen LogP contribution is 2.12. The van der Waals surface area contributed by atoms with Crippen molar-refractivity contribution in [3.05, 3.63) is 71.8 Å². The molecule has 1 atom stereocenters. The first-order valence-electron chi connectivity index (χ1n) is 7.41. The zero-order valence-electron chi connectivity index (χ0n) is 13.2. The van der Waals surface area contributed by atoms with Crippen LogP contribution in [0, 0.1) is 6.92 Å². The molecule has 0 aliphatic carbocycles. The average Bonchev–Trinajstić information content (AvgIpc) is 2.53. The second kappa shape index (κ2) is 7.90. The van der Waals surface area contributed by atoms with Gasteiger partial charge >= 0.3 is 5.97 Å². The number of aryl methyl sites for hydroxylation is 1. The zero-order valence-corrected chi connectivity index (χ0v) is 14.0. The number of aliphatic carboxylic acids is 1. The monoisotopic (exact) mass is 345 g/mol. The van der Waals surface area contributed by atoms with E-state index >= 15 is 0 Å². The van der Waals surface area contributed by atoms with Crippen LogP contribution >= 0.6 is 0 Å². The molecule has 0 unspecified atom stereocenters. The summed E-state index contributed by atoms with van der Waals surface area (Å²) >= 11 is 0. The summed E-state index contributed by atoms with van der Waals surface area (Å²) < 4.78 is 27.3. The van der Waals surface area contributed by atoms with Gasteiger partial charge in [-0.2, -0.15) is 0 Å². The molecule has 0 heterocycles. The Balaban J connectivity index is 2.20. The van der Waals surface area contributed by atoms with E-state index in [9.17, 15) is 13.2 Å². The van der Waals surface area contributed by atoms with E-state index in [0.717, 1.165) is 11.1 Å². The van der Waals surface area contributed by atoms with E-state index in [1.54, 1.807) is 24.3 Å². The molecule has 0 amide bonds. The van der Waals surface area contributed by atoms with Gasteiger partial charge in [0.25, 0.3) is 0 Å². The van der Waals surface area contributed by atoms with Crippen LogP contribution in [-0.4, -0.2) is 25.5 Å². The molecule has 0 fully saturated rings. The van der Waals surface area contributed by atoms with Crippen molar-refractivity contribution in [2.45, 2.75) is 24.3 Å². The second-order valence-electron chi connectivity index (χ2n) is 5.41. The maximum absolute atomic E-state index is 12.4. The molecule has 0 aliphatic heterocycles. The summed E-state index contributed by atoms with van der Waals surface area (Å²) in [7, 11) is -3.79. The molecule has 126 valence electrons. The first-order valence-corrected chi connectivity index (χ1v) is 8.89. The number of benzene rings is 2. The van der Waals surface area contributed by atoms with Crippen LogP contribution in [0.1, 0.15) is 17.5 Å². The highest BCUT2D eigenvalue weighted by molar-refractivity contribution is 7.89. The summed E-state index contributed by atoms with van der Waals surface area (Å²) in [6.45, 7) is 1.86. The molecule has 6 heteroatoms. The Morgan fingerprint density at radius 1 is 1.12 bits per heavy atom. The molecule has 5 nitrogen and oxygen atoms in total. The highest BCUT2D eigenvalue weighted by atomic mass is 32.2. The minimum atomic E-state index is -3.79. The topological polar surface area (TPSA) is 83.5 Å². The summed E-state index contributed by atoms with van der Waals surface area (Å²) in [6.07, 6.45) is 2.91. The Morgan fingerprint density at radius 2 is 1.75 bits per heavy atom. The Bertz CT molecular complexity index is 812. The molecule has 0 radical (unpaired) electrons. The van der Waals surface area contributed by atoms with Crippen LogP contribution < -0.4 is 4.72 Å².